The molecule has 94 valence electrons. The van der Waals surface area contributed by atoms with Crippen LogP contribution in [-0.2, 0) is 0 Å². The molecule has 0 spiro atoms. The number of rotatable bonds is 4. The first-order valence-corrected chi connectivity index (χ1v) is 4.32. The van der Waals surface area contributed by atoms with Gasteiger partial charge in [-0.25, -0.2) is 4.79 Å². The molecule has 2 amide bonds. The minimum absolute atomic E-state index is 0.0376. The number of nitrogens with two attached hydrogens (primary N) is 1. The van der Waals surface area contributed by atoms with E-state index in [0.29, 0.717) is 0 Å². The number of hydrogen-bond acceptors (Lipinski definition) is 3. The predicted octanol–water partition coefficient (Wildman–Crippen LogP) is 0.373. The van der Waals surface area contributed by atoms with Gasteiger partial charge in [-0.05, 0) is 6.92 Å². The summed E-state index contributed by atoms with van der Waals surface area (Å²) in [7, 11) is 0. The first-order valence-electron chi connectivity index (χ1n) is 4.32. The molecule has 0 rings (SSSR count). The normalized spacial score (nSPS) is 14.4. The molecule has 0 fully saturated rings. The van der Waals surface area contributed by atoms with E-state index in [9.17, 15) is 18.0 Å². The van der Waals surface area contributed by atoms with Crippen molar-refractivity contribution in [3.63, 3.8) is 0 Å². The van der Waals surface area contributed by atoms with E-state index >= 15 is 0 Å². The monoisotopic (exact) mass is 242 g/mol. The van der Waals surface area contributed by atoms with Gasteiger partial charge in [-0.1, -0.05) is 5.16 Å². The number of urea groups is 1. The van der Waals surface area contributed by atoms with Gasteiger partial charge in [0.05, 0.1) is 0 Å². The molecule has 0 bridgehead atoms. The summed E-state index contributed by atoms with van der Waals surface area (Å²) < 4.78 is 35.1. The van der Waals surface area contributed by atoms with Crippen molar-refractivity contribution in [1.29, 1.82) is 0 Å². The molecule has 16 heavy (non-hydrogen) atoms. The van der Waals surface area contributed by atoms with Crippen LogP contribution < -0.4 is 16.4 Å². The molecule has 0 heterocycles. The van der Waals surface area contributed by atoms with Gasteiger partial charge in [0.15, 0.2) is 0 Å². The summed E-state index contributed by atoms with van der Waals surface area (Å²) in [6, 6.07) is -1.50. The highest BCUT2D eigenvalue weighted by atomic mass is 19.4. The van der Waals surface area contributed by atoms with Gasteiger partial charge in [0.2, 0.25) is 0 Å². The fraction of sp³-hybridized carbons (Fsp3) is 0.714. The summed E-state index contributed by atoms with van der Waals surface area (Å²) in [5, 5.41) is 14.7. The minimum Gasteiger partial charge on any atom is -0.409 e. The maximum atomic E-state index is 11.7. The lowest BCUT2D eigenvalue weighted by atomic mass is 10.2. The van der Waals surface area contributed by atoms with Crippen molar-refractivity contribution in [2.45, 2.75) is 25.6 Å². The van der Waals surface area contributed by atoms with Crippen molar-refractivity contribution in [3.05, 3.63) is 0 Å². The Hall–Kier alpha value is -1.67. The second-order valence-electron chi connectivity index (χ2n) is 3.14. The summed E-state index contributed by atoms with van der Waals surface area (Å²) in [5.74, 6) is -0.122. The highest BCUT2D eigenvalue weighted by Gasteiger charge is 2.27. The Morgan fingerprint density at radius 1 is 1.56 bits per heavy atom. The van der Waals surface area contributed by atoms with E-state index in [4.69, 9.17) is 10.9 Å². The molecular weight excluding hydrogens is 229 g/mol. The molecule has 0 aromatic carbocycles. The molecule has 0 aliphatic rings. The van der Waals surface area contributed by atoms with Crippen LogP contribution in [0.1, 0.15) is 13.3 Å². The first kappa shape index (κ1) is 14.3. The maximum absolute atomic E-state index is 11.7. The fourth-order valence-corrected chi connectivity index (χ4v) is 0.861. The summed E-state index contributed by atoms with van der Waals surface area (Å²) >= 11 is 0. The van der Waals surface area contributed by atoms with Crippen LogP contribution in [0.25, 0.3) is 0 Å². The maximum Gasteiger partial charge on any atom is 0.405 e. The summed E-state index contributed by atoms with van der Waals surface area (Å²) in [4.78, 5) is 10.9. The number of carbonyl (C=O) groups excluding carboxylic acids is 1. The second-order valence-corrected chi connectivity index (χ2v) is 3.14. The number of halogens is 3. The lowest BCUT2D eigenvalue weighted by Gasteiger charge is -2.14. The van der Waals surface area contributed by atoms with E-state index in [1.165, 1.54) is 6.92 Å². The standard InChI is InChI=1S/C7H13F3N4O2/c1-4(2-5(11)14-16)13-6(15)12-3-7(8,9)10/h4,16H,2-3H2,1H3,(H2,11,14)(H2,12,13,15). The largest absolute Gasteiger partial charge is 0.409 e. The number of amidine groups is 1. The number of nitrogens with zero attached hydrogens (tertiary/aromatic N) is 1. The van der Waals surface area contributed by atoms with Crippen LogP contribution in [0.2, 0.25) is 0 Å². The molecule has 0 aliphatic heterocycles. The number of oxime groups is 1. The molecule has 6 nitrogen and oxygen atoms in total. The van der Waals surface area contributed by atoms with Crippen molar-refractivity contribution < 1.29 is 23.2 Å². The van der Waals surface area contributed by atoms with Crippen LogP contribution in [0, 0.1) is 0 Å². The van der Waals surface area contributed by atoms with Gasteiger partial charge >= 0.3 is 12.2 Å². The Kier molecular flexibility index (Phi) is 5.40. The molecule has 0 saturated carbocycles. The quantitative estimate of drug-likeness (QED) is 0.248. The third-order valence-electron chi connectivity index (χ3n) is 1.47. The molecule has 0 aliphatic carbocycles. The van der Waals surface area contributed by atoms with E-state index in [-0.39, 0.29) is 12.3 Å². The number of carbonyl (C=O) groups is 1. The van der Waals surface area contributed by atoms with Gasteiger partial charge in [0.25, 0.3) is 0 Å². The van der Waals surface area contributed by atoms with Crippen LogP contribution in [0.15, 0.2) is 5.16 Å². The van der Waals surface area contributed by atoms with Crippen LogP contribution in [0.3, 0.4) is 0 Å². The van der Waals surface area contributed by atoms with E-state index in [2.05, 4.69) is 10.5 Å². The van der Waals surface area contributed by atoms with Crippen molar-refractivity contribution in [1.82, 2.24) is 10.6 Å². The average Bonchev–Trinajstić information content (AvgIpc) is 2.13. The number of amides is 2. The van der Waals surface area contributed by atoms with Gasteiger partial charge in [-0.3, -0.25) is 0 Å². The number of hydrogen-bond donors (Lipinski definition) is 4. The summed E-state index contributed by atoms with van der Waals surface area (Å²) in [6.45, 7) is 0.0976. The minimum atomic E-state index is -4.45. The third-order valence-corrected chi connectivity index (χ3v) is 1.47. The van der Waals surface area contributed by atoms with Crippen molar-refractivity contribution in [3.8, 4) is 0 Å². The second kappa shape index (κ2) is 6.03. The lowest BCUT2D eigenvalue weighted by molar-refractivity contribution is -0.122. The first-order chi connectivity index (χ1) is 7.24. The van der Waals surface area contributed by atoms with Gasteiger partial charge in [0.1, 0.15) is 12.4 Å². The van der Waals surface area contributed by atoms with Gasteiger partial charge in [0, 0.05) is 12.5 Å². The predicted molar refractivity (Wildman–Crippen MR) is 50.1 cm³/mol. The van der Waals surface area contributed by atoms with Crippen LogP contribution in [-0.4, -0.2) is 35.8 Å². The smallest absolute Gasteiger partial charge is 0.405 e. The molecule has 1 unspecified atom stereocenters. The number of nitrogens with one attached hydrogen (secondary N) is 2. The SMILES string of the molecule is CC(CC(N)=NO)NC(=O)NCC(F)(F)F. The molecule has 0 radical (unpaired) electrons. The van der Waals surface area contributed by atoms with Crippen LogP contribution in [0.5, 0.6) is 0 Å². The molecular formula is C7H13F3N4O2. The van der Waals surface area contributed by atoms with E-state index < -0.39 is 24.8 Å². The summed E-state index contributed by atoms with van der Waals surface area (Å²) in [5.41, 5.74) is 5.14. The highest BCUT2D eigenvalue weighted by Crippen LogP contribution is 2.11. The van der Waals surface area contributed by atoms with Crippen molar-refractivity contribution in [2.75, 3.05) is 6.54 Å². The Bertz CT molecular complexity index is 267. The molecule has 9 heteroatoms. The van der Waals surface area contributed by atoms with Gasteiger partial charge in [-0.2, -0.15) is 13.2 Å². The van der Waals surface area contributed by atoms with E-state index in [1.807, 2.05) is 0 Å². The Balaban J connectivity index is 3.88. The lowest BCUT2D eigenvalue weighted by Crippen LogP contribution is -2.45. The van der Waals surface area contributed by atoms with E-state index in [1.54, 1.807) is 5.32 Å². The fourth-order valence-electron chi connectivity index (χ4n) is 0.861. The Morgan fingerprint density at radius 2 is 2.12 bits per heavy atom. The Labute approximate surface area is 89.7 Å². The third kappa shape index (κ3) is 7.71. The molecule has 0 aromatic rings. The molecule has 1 atom stereocenters. The topological polar surface area (TPSA) is 99.7 Å². The zero-order chi connectivity index (χ0) is 12.8. The van der Waals surface area contributed by atoms with Crippen LogP contribution in [0.4, 0.5) is 18.0 Å². The molecule has 0 aromatic heterocycles. The van der Waals surface area contributed by atoms with Gasteiger partial charge in [-0.15, -0.1) is 0 Å². The average molecular weight is 242 g/mol. The molecule has 5 N–H and O–H groups in total. The highest BCUT2D eigenvalue weighted by molar-refractivity contribution is 5.81. The number of alkyl halides is 3. The zero-order valence-electron chi connectivity index (χ0n) is 8.51. The van der Waals surface area contributed by atoms with Gasteiger partial charge < -0.3 is 21.6 Å². The summed E-state index contributed by atoms with van der Waals surface area (Å²) in [6.07, 6.45) is -4.41. The zero-order valence-corrected chi connectivity index (χ0v) is 8.51. The van der Waals surface area contributed by atoms with Crippen molar-refractivity contribution >= 4 is 11.9 Å². The molecule has 0 saturated heterocycles. The van der Waals surface area contributed by atoms with Crippen LogP contribution >= 0.6 is 0 Å². The Morgan fingerprint density at radius 3 is 2.56 bits per heavy atom. The van der Waals surface area contributed by atoms with Crippen molar-refractivity contribution in [2.24, 2.45) is 10.9 Å². The van der Waals surface area contributed by atoms with E-state index in [0.717, 1.165) is 0 Å².